The Morgan fingerprint density at radius 3 is 2.57 bits per heavy atom. The molecule has 128 valence electrons. The van der Waals surface area contributed by atoms with Gasteiger partial charge in [0.15, 0.2) is 5.82 Å². The van der Waals surface area contributed by atoms with Crippen molar-refractivity contribution in [2.75, 3.05) is 0 Å². The summed E-state index contributed by atoms with van der Waals surface area (Å²) in [6.07, 6.45) is 11.5. The molecule has 0 radical (unpaired) electrons. The first-order valence-electron chi connectivity index (χ1n) is 9.22. The highest BCUT2D eigenvalue weighted by Gasteiger charge is 2.40. The minimum Gasteiger partial charge on any atom is -0.343 e. The van der Waals surface area contributed by atoms with Gasteiger partial charge in [0.25, 0.3) is 0 Å². The van der Waals surface area contributed by atoms with Gasteiger partial charge >= 0.3 is 0 Å². The first kappa shape index (κ1) is 16.5. The molecule has 3 rings (SSSR count). The van der Waals surface area contributed by atoms with Crippen molar-refractivity contribution in [2.45, 2.75) is 83.6 Å². The second-order valence-corrected chi connectivity index (χ2v) is 7.56. The van der Waals surface area contributed by atoms with Crippen LogP contribution in [0, 0.1) is 18.8 Å². The summed E-state index contributed by atoms with van der Waals surface area (Å²) in [5, 5.41) is 7.44. The molecule has 1 atom stereocenters. The van der Waals surface area contributed by atoms with Crippen LogP contribution in [0.25, 0.3) is 0 Å². The molecular weight excluding hydrogens is 290 g/mol. The second-order valence-electron chi connectivity index (χ2n) is 7.56. The van der Waals surface area contributed by atoms with Crippen LogP contribution < -0.4 is 5.32 Å². The lowest BCUT2D eigenvalue weighted by molar-refractivity contribution is -0.127. The number of hydrogen-bond acceptors (Lipinski definition) is 4. The number of nitrogens with zero attached hydrogens (tertiary/aromatic N) is 2. The molecule has 5 nitrogen and oxygen atoms in total. The van der Waals surface area contributed by atoms with Gasteiger partial charge in [-0.25, -0.2) is 0 Å². The van der Waals surface area contributed by atoms with E-state index in [0.717, 1.165) is 38.0 Å². The van der Waals surface area contributed by atoms with Crippen molar-refractivity contribution in [1.29, 1.82) is 0 Å². The van der Waals surface area contributed by atoms with E-state index >= 15 is 0 Å². The molecule has 1 amide bonds. The van der Waals surface area contributed by atoms with Gasteiger partial charge in [-0.15, -0.1) is 0 Å². The maximum absolute atomic E-state index is 12.8. The van der Waals surface area contributed by atoms with Crippen LogP contribution in [0.5, 0.6) is 0 Å². The molecule has 1 aromatic heterocycles. The molecule has 1 heterocycles. The third-order valence-corrected chi connectivity index (χ3v) is 5.63. The predicted octanol–water partition coefficient (Wildman–Crippen LogP) is 3.87. The quantitative estimate of drug-likeness (QED) is 0.894. The fourth-order valence-electron chi connectivity index (χ4n) is 4.27. The molecule has 23 heavy (non-hydrogen) atoms. The molecule has 1 N–H and O–H groups in total. The smallest absolute Gasteiger partial charge is 0.223 e. The largest absolute Gasteiger partial charge is 0.343 e. The number of rotatable bonds is 5. The Morgan fingerprint density at radius 1 is 1.26 bits per heavy atom. The van der Waals surface area contributed by atoms with E-state index in [9.17, 15) is 4.79 Å². The number of amides is 1. The van der Waals surface area contributed by atoms with Gasteiger partial charge in [0, 0.05) is 12.8 Å². The van der Waals surface area contributed by atoms with Crippen molar-refractivity contribution in [3.63, 3.8) is 0 Å². The Labute approximate surface area is 138 Å². The zero-order valence-corrected chi connectivity index (χ0v) is 14.4. The SMILES string of the molecule is Cc1nc(C2(NC(=O)C(C)CC3CCCC3)CCCCC2)no1. The molecule has 1 aromatic rings. The van der Waals surface area contributed by atoms with Crippen molar-refractivity contribution < 1.29 is 9.32 Å². The fraction of sp³-hybridized carbons (Fsp3) is 0.833. The predicted molar refractivity (Wildman–Crippen MR) is 87.7 cm³/mol. The van der Waals surface area contributed by atoms with E-state index in [1.54, 1.807) is 6.92 Å². The topological polar surface area (TPSA) is 68.0 Å². The van der Waals surface area contributed by atoms with Crippen molar-refractivity contribution in [2.24, 2.45) is 11.8 Å². The monoisotopic (exact) mass is 319 g/mol. The van der Waals surface area contributed by atoms with Crippen LogP contribution >= 0.6 is 0 Å². The third-order valence-electron chi connectivity index (χ3n) is 5.63. The Hall–Kier alpha value is -1.39. The van der Waals surface area contributed by atoms with E-state index < -0.39 is 5.54 Å². The maximum atomic E-state index is 12.8. The van der Waals surface area contributed by atoms with Crippen LogP contribution in [0.2, 0.25) is 0 Å². The summed E-state index contributed by atoms with van der Waals surface area (Å²) >= 11 is 0. The van der Waals surface area contributed by atoms with Gasteiger partial charge in [-0.05, 0) is 25.2 Å². The summed E-state index contributed by atoms with van der Waals surface area (Å²) in [5.41, 5.74) is -0.420. The zero-order valence-electron chi connectivity index (χ0n) is 14.4. The van der Waals surface area contributed by atoms with E-state index in [2.05, 4.69) is 22.4 Å². The Kier molecular flexibility index (Phi) is 5.02. The Balaban J connectivity index is 1.69. The maximum Gasteiger partial charge on any atom is 0.223 e. The second kappa shape index (κ2) is 7.02. The van der Waals surface area contributed by atoms with Crippen LogP contribution in [0.1, 0.15) is 82.8 Å². The van der Waals surface area contributed by atoms with Crippen LogP contribution in [0.15, 0.2) is 4.52 Å². The van der Waals surface area contributed by atoms with E-state index in [0.29, 0.717) is 11.7 Å². The van der Waals surface area contributed by atoms with Gasteiger partial charge in [0.05, 0.1) is 0 Å². The highest BCUT2D eigenvalue weighted by molar-refractivity contribution is 5.79. The fourth-order valence-corrected chi connectivity index (χ4v) is 4.27. The number of aryl methyl sites for hydroxylation is 1. The standard InChI is InChI=1S/C18H29N3O2/c1-13(12-15-8-4-5-9-15)16(22)20-18(10-6-3-7-11-18)17-19-14(2)23-21-17/h13,15H,3-12H2,1-2H3,(H,20,22). The summed E-state index contributed by atoms with van der Waals surface area (Å²) < 4.78 is 5.18. The van der Waals surface area contributed by atoms with Crippen molar-refractivity contribution in [1.82, 2.24) is 15.5 Å². The van der Waals surface area contributed by atoms with Crippen LogP contribution in [0.3, 0.4) is 0 Å². The van der Waals surface area contributed by atoms with Gasteiger partial charge in [-0.1, -0.05) is 57.0 Å². The van der Waals surface area contributed by atoms with Crippen LogP contribution in [-0.2, 0) is 10.3 Å². The average molecular weight is 319 g/mol. The third kappa shape index (κ3) is 3.75. The molecule has 0 saturated heterocycles. The summed E-state index contributed by atoms with van der Waals surface area (Å²) in [6.45, 7) is 3.86. The summed E-state index contributed by atoms with van der Waals surface area (Å²) in [4.78, 5) is 17.2. The highest BCUT2D eigenvalue weighted by atomic mass is 16.5. The molecule has 0 bridgehead atoms. The highest BCUT2D eigenvalue weighted by Crippen LogP contribution is 2.36. The Bertz CT molecular complexity index is 528. The summed E-state index contributed by atoms with van der Waals surface area (Å²) in [7, 11) is 0. The normalized spacial score (nSPS) is 22.9. The number of aromatic nitrogens is 2. The minimum absolute atomic E-state index is 0.0601. The molecule has 5 heteroatoms. The van der Waals surface area contributed by atoms with Crippen LogP contribution in [-0.4, -0.2) is 16.0 Å². The first-order chi connectivity index (χ1) is 11.1. The number of carbonyl (C=O) groups excluding carboxylic acids is 1. The minimum atomic E-state index is -0.420. The summed E-state index contributed by atoms with van der Waals surface area (Å²) in [6, 6.07) is 0. The van der Waals surface area contributed by atoms with Gasteiger partial charge in [0.1, 0.15) is 5.54 Å². The van der Waals surface area contributed by atoms with Gasteiger partial charge in [-0.3, -0.25) is 4.79 Å². The van der Waals surface area contributed by atoms with Gasteiger partial charge in [0.2, 0.25) is 11.8 Å². The molecule has 2 saturated carbocycles. The Morgan fingerprint density at radius 2 is 1.96 bits per heavy atom. The lowest BCUT2D eigenvalue weighted by Crippen LogP contribution is -2.49. The van der Waals surface area contributed by atoms with E-state index in [1.807, 2.05) is 0 Å². The van der Waals surface area contributed by atoms with Gasteiger partial charge in [-0.2, -0.15) is 4.98 Å². The van der Waals surface area contributed by atoms with E-state index in [-0.39, 0.29) is 11.8 Å². The zero-order chi connectivity index (χ0) is 16.3. The number of nitrogens with one attached hydrogen (secondary N) is 1. The van der Waals surface area contributed by atoms with Crippen molar-refractivity contribution in [3.8, 4) is 0 Å². The molecule has 0 spiro atoms. The molecule has 1 unspecified atom stereocenters. The summed E-state index contributed by atoms with van der Waals surface area (Å²) in [5.74, 6) is 2.17. The van der Waals surface area contributed by atoms with Gasteiger partial charge < -0.3 is 9.84 Å². The molecule has 2 aliphatic rings. The van der Waals surface area contributed by atoms with E-state index in [1.165, 1.54) is 32.1 Å². The number of carbonyl (C=O) groups is 1. The van der Waals surface area contributed by atoms with Crippen molar-refractivity contribution >= 4 is 5.91 Å². The van der Waals surface area contributed by atoms with Crippen molar-refractivity contribution in [3.05, 3.63) is 11.7 Å². The van der Waals surface area contributed by atoms with Crippen LogP contribution in [0.4, 0.5) is 0 Å². The number of hydrogen-bond donors (Lipinski definition) is 1. The molecule has 0 aromatic carbocycles. The lowest BCUT2D eigenvalue weighted by atomic mass is 9.80. The molecule has 2 fully saturated rings. The molecular formula is C18H29N3O2. The molecule has 2 aliphatic carbocycles. The lowest BCUT2D eigenvalue weighted by Gasteiger charge is -2.36. The molecule has 0 aliphatic heterocycles. The average Bonchev–Trinajstić information content (AvgIpc) is 3.20. The first-order valence-corrected chi connectivity index (χ1v) is 9.22. The van der Waals surface area contributed by atoms with E-state index in [4.69, 9.17) is 4.52 Å².